The Balaban J connectivity index is 0.000000186. The van der Waals surface area contributed by atoms with Gasteiger partial charge in [-0.05, 0) is 66.0 Å². The summed E-state index contributed by atoms with van der Waals surface area (Å²) in [6.07, 6.45) is 6.18. The number of ketones is 2. The van der Waals surface area contributed by atoms with Gasteiger partial charge in [-0.3, -0.25) is 9.59 Å². The highest BCUT2D eigenvalue weighted by molar-refractivity contribution is 7.80. The molecule has 54 heavy (non-hydrogen) atoms. The number of rotatable bonds is 8. The molecule has 272 valence electrons. The highest BCUT2D eigenvalue weighted by Crippen LogP contribution is 2.49. The van der Waals surface area contributed by atoms with Crippen LogP contribution in [0.25, 0.3) is 10.8 Å². The van der Waals surface area contributed by atoms with Crippen LogP contribution in [0.15, 0.2) is 181 Å². The van der Waals surface area contributed by atoms with Gasteiger partial charge in [0, 0.05) is 27.3 Å². The predicted octanol–water partition coefficient (Wildman–Crippen LogP) is 11.2. The Morgan fingerprint density at radius 2 is 0.907 bits per heavy atom. The summed E-state index contributed by atoms with van der Waals surface area (Å²) in [4.78, 5) is 26.6. The third-order valence-corrected chi connectivity index (χ3v) is 14.6. The molecule has 1 aliphatic rings. The number of carbonyl (C=O) groups excluding carboxylic acids is 2. The van der Waals surface area contributed by atoms with Crippen molar-refractivity contribution < 1.29 is 9.59 Å². The molecule has 0 fully saturated rings. The number of carbonyl (C=O) groups is 2. The Morgan fingerprint density at radius 1 is 0.481 bits per heavy atom. The van der Waals surface area contributed by atoms with Gasteiger partial charge in [0.15, 0.2) is 11.6 Å². The zero-order valence-corrected chi connectivity index (χ0v) is 34.1. The van der Waals surface area contributed by atoms with Crippen molar-refractivity contribution in [3.8, 4) is 0 Å². The van der Waals surface area contributed by atoms with Crippen LogP contribution in [0.3, 0.4) is 0 Å². The summed E-state index contributed by atoms with van der Waals surface area (Å²) in [5.74, 6) is 0.440. The summed E-state index contributed by atoms with van der Waals surface area (Å²) < 4.78 is 0. The molecule has 0 amide bonds. The summed E-state index contributed by atoms with van der Waals surface area (Å²) in [5.41, 5.74) is 0.968. The first kappa shape index (κ1) is 39.0. The van der Waals surface area contributed by atoms with E-state index in [2.05, 4.69) is 152 Å². The van der Waals surface area contributed by atoms with Crippen molar-refractivity contribution in [1.82, 2.24) is 0 Å². The molecule has 0 aromatic heterocycles. The highest BCUT2D eigenvalue weighted by Gasteiger charge is 2.32. The van der Waals surface area contributed by atoms with Gasteiger partial charge in [-0.1, -0.05) is 211 Å². The summed E-state index contributed by atoms with van der Waals surface area (Å²) in [6.45, 7) is 12.0. The van der Waals surface area contributed by atoms with Crippen LogP contribution in [0, 0.1) is 10.8 Å². The minimum atomic E-state index is -0.867. The van der Waals surface area contributed by atoms with E-state index in [9.17, 15) is 9.59 Å². The quantitative estimate of drug-likeness (QED) is 0.115. The van der Waals surface area contributed by atoms with Gasteiger partial charge < -0.3 is 0 Å². The molecule has 0 bridgehead atoms. The zero-order valence-electron chi connectivity index (χ0n) is 32.3. The minimum Gasteiger partial charge on any atom is -0.294 e. The van der Waals surface area contributed by atoms with Gasteiger partial charge in [0.05, 0.1) is 0 Å². The number of hydrogen-bond acceptors (Lipinski definition) is 2. The Morgan fingerprint density at radius 3 is 1.37 bits per heavy atom. The summed E-state index contributed by atoms with van der Waals surface area (Å²) in [6, 6.07) is 55.0. The van der Waals surface area contributed by atoms with Crippen LogP contribution in [0.2, 0.25) is 0 Å². The topological polar surface area (TPSA) is 34.1 Å². The first-order valence-corrected chi connectivity index (χ1v) is 21.4. The van der Waals surface area contributed by atoms with Crippen LogP contribution in [0.5, 0.6) is 0 Å². The maximum absolute atomic E-state index is 13.5. The lowest BCUT2D eigenvalue weighted by atomic mass is 9.84. The Hall–Kier alpha value is -4.74. The second-order valence-corrected chi connectivity index (χ2v) is 20.0. The highest BCUT2D eigenvalue weighted by atomic mass is 31.1. The molecule has 7 rings (SSSR count). The molecule has 2 nitrogen and oxygen atoms in total. The first-order chi connectivity index (χ1) is 25.9. The molecule has 0 atom stereocenters. The zero-order chi connectivity index (χ0) is 38.3. The lowest BCUT2D eigenvalue weighted by Gasteiger charge is -2.28. The molecule has 0 heterocycles. The van der Waals surface area contributed by atoms with Crippen molar-refractivity contribution in [1.29, 1.82) is 0 Å². The van der Waals surface area contributed by atoms with E-state index in [1.165, 1.54) is 37.3 Å². The molecule has 0 aliphatic heterocycles. The molecule has 0 saturated carbocycles. The van der Waals surface area contributed by atoms with E-state index in [1.54, 1.807) is 0 Å². The molecular formula is C50H50O2P2. The lowest BCUT2D eigenvalue weighted by Crippen LogP contribution is -2.30. The normalized spacial score (nSPS) is 13.2. The molecule has 0 spiro atoms. The minimum absolute atomic E-state index is 0.192. The van der Waals surface area contributed by atoms with Gasteiger partial charge in [0.25, 0.3) is 0 Å². The van der Waals surface area contributed by atoms with E-state index in [0.717, 1.165) is 29.3 Å². The van der Waals surface area contributed by atoms with Crippen molar-refractivity contribution in [2.45, 2.75) is 54.4 Å². The van der Waals surface area contributed by atoms with E-state index in [-0.39, 0.29) is 17.0 Å². The number of Topliss-reactive ketones (excluding diaryl/α,β-unsaturated/α-hetero) is 2. The molecule has 6 aromatic carbocycles. The average molecular weight is 745 g/mol. The number of allylic oxidation sites excluding steroid dienone is 4. The van der Waals surface area contributed by atoms with Gasteiger partial charge in [-0.15, -0.1) is 0 Å². The molecule has 0 radical (unpaired) electrons. The number of fused-ring (bicyclic) bond motifs is 1. The molecule has 4 heteroatoms. The van der Waals surface area contributed by atoms with Crippen molar-refractivity contribution >= 4 is 64.7 Å². The number of benzene rings is 6. The van der Waals surface area contributed by atoms with Crippen molar-refractivity contribution in [3.63, 3.8) is 0 Å². The monoisotopic (exact) mass is 744 g/mol. The number of hydrogen-bond donors (Lipinski definition) is 0. The first-order valence-electron chi connectivity index (χ1n) is 18.8. The lowest BCUT2D eigenvalue weighted by molar-refractivity contribution is -0.122. The smallest absolute Gasteiger partial charge is 0.168 e. The summed E-state index contributed by atoms with van der Waals surface area (Å²) >= 11 is 0. The van der Waals surface area contributed by atoms with Crippen molar-refractivity contribution in [2.75, 3.05) is 0 Å². The molecule has 0 unspecified atom stereocenters. The maximum Gasteiger partial charge on any atom is 0.168 e. The fourth-order valence-electron chi connectivity index (χ4n) is 6.75. The molecule has 0 saturated heterocycles. The largest absolute Gasteiger partial charge is 0.294 e. The Bertz CT molecular complexity index is 2180. The van der Waals surface area contributed by atoms with Gasteiger partial charge in [-0.2, -0.15) is 0 Å². The van der Waals surface area contributed by atoms with Crippen molar-refractivity contribution in [3.05, 3.63) is 186 Å². The Kier molecular flexibility index (Phi) is 12.4. The van der Waals surface area contributed by atoms with Gasteiger partial charge in [0.2, 0.25) is 0 Å². The summed E-state index contributed by atoms with van der Waals surface area (Å²) in [7, 11) is -1.55. The molecule has 1 aliphatic carbocycles. The van der Waals surface area contributed by atoms with Crippen LogP contribution >= 0.6 is 15.8 Å². The molecule has 0 N–H and O–H groups in total. The molecular weight excluding hydrogens is 694 g/mol. The van der Waals surface area contributed by atoms with Gasteiger partial charge in [-0.25, -0.2) is 0 Å². The second kappa shape index (κ2) is 17.2. The van der Waals surface area contributed by atoms with Crippen LogP contribution < -0.4 is 26.5 Å². The standard InChI is InChI=1S/C27H25OP.C23H25OP/c1-27(2,3)26(28)24-19-18-20-12-10-11-17-23(20)25(24)29(21-13-6-4-7-14-21)22-15-8-5-9-16-22;1-23(2,3)22(24)20-16-10-11-17-21(20)25(18-12-6-4-7-13-18)19-14-8-5-9-15-19/h4-19H,1-3H3;4-10,12-16H,11,17H2,1-3H3. The second-order valence-electron chi connectivity index (χ2n) is 15.7. The third kappa shape index (κ3) is 8.96. The fraction of sp³-hybridized carbons (Fsp3) is 0.200. The van der Waals surface area contributed by atoms with Gasteiger partial charge in [0.1, 0.15) is 0 Å². The van der Waals surface area contributed by atoms with Crippen molar-refractivity contribution in [2.24, 2.45) is 10.8 Å². The van der Waals surface area contributed by atoms with E-state index < -0.39 is 21.3 Å². The van der Waals surface area contributed by atoms with Crippen LogP contribution in [0.4, 0.5) is 0 Å². The SMILES string of the molecule is CC(C)(C)C(=O)C1=C(P(c2ccccc2)c2ccccc2)CCC=C1.CC(C)(C)C(=O)c1ccc2ccccc2c1P(c1ccccc1)c1ccccc1. The maximum atomic E-state index is 13.5. The average Bonchev–Trinajstić information content (AvgIpc) is 3.19. The third-order valence-electron chi connectivity index (χ3n) is 9.45. The van der Waals surface area contributed by atoms with Gasteiger partial charge >= 0.3 is 0 Å². The van der Waals surface area contributed by atoms with Crippen LogP contribution in [0.1, 0.15) is 64.7 Å². The molecule has 6 aromatic rings. The predicted molar refractivity (Wildman–Crippen MR) is 235 cm³/mol. The Labute approximate surface area is 324 Å². The van der Waals surface area contributed by atoms with E-state index in [4.69, 9.17) is 0 Å². The summed E-state index contributed by atoms with van der Waals surface area (Å²) in [5, 5.41) is 9.96. The van der Waals surface area contributed by atoms with E-state index in [0.29, 0.717) is 0 Å². The van der Waals surface area contributed by atoms with E-state index >= 15 is 0 Å². The van der Waals surface area contributed by atoms with Crippen LogP contribution in [-0.2, 0) is 4.79 Å². The van der Waals surface area contributed by atoms with E-state index in [1.807, 2.05) is 59.7 Å². The van der Waals surface area contributed by atoms with Crippen LogP contribution in [-0.4, -0.2) is 11.6 Å². The fourth-order valence-corrected chi connectivity index (χ4v) is 12.0.